The van der Waals surface area contributed by atoms with E-state index in [9.17, 15) is 4.79 Å². The number of hydrogen-bond acceptors (Lipinski definition) is 4. The Morgan fingerprint density at radius 1 is 1.62 bits per heavy atom. The van der Waals surface area contributed by atoms with Crippen molar-refractivity contribution in [1.29, 1.82) is 5.26 Å². The minimum Gasteiger partial charge on any atom is -0.331 e. The number of rotatable bonds is 1. The van der Waals surface area contributed by atoms with E-state index in [1.807, 2.05) is 0 Å². The highest BCUT2D eigenvalue weighted by atomic mass is 16.2. The van der Waals surface area contributed by atoms with Crippen LogP contribution in [0.3, 0.4) is 0 Å². The fraction of sp³-hybridized carbons (Fsp3) is 0.333. The number of urea groups is 1. The lowest BCUT2D eigenvalue weighted by atomic mass is 10.5. The summed E-state index contributed by atoms with van der Waals surface area (Å²) in [5.74, 6) is 0.140. The van der Waals surface area contributed by atoms with Crippen molar-refractivity contribution in [2.45, 2.75) is 0 Å². The lowest BCUT2D eigenvalue weighted by molar-refractivity contribution is 0.230. The third-order valence-corrected chi connectivity index (χ3v) is 1.29. The van der Waals surface area contributed by atoms with Crippen LogP contribution >= 0.6 is 0 Å². The van der Waals surface area contributed by atoms with Crippen LogP contribution in [-0.4, -0.2) is 40.4 Å². The van der Waals surface area contributed by atoms with Crippen LogP contribution in [0.5, 0.6) is 0 Å². The zero-order chi connectivity index (χ0) is 9.84. The van der Waals surface area contributed by atoms with Gasteiger partial charge in [0.05, 0.1) is 0 Å². The van der Waals surface area contributed by atoms with Crippen molar-refractivity contribution in [2.75, 3.05) is 19.4 Å². The Labute approximate surface area is 74.3 Å². The van der Waals surface area contributed by atoms with Crippen LogP contribution in [-0.2, 0) is 0 Å². The van der Waals surface area contributed by atoms with Crippen LogP contribution < -0.4 is 5.32 Å². The van der Waals surface area contributed by atoms with Crippen molar-refractivity contribution in [2.24, 2.45) is 0 Å². The second kappa shape index (κ2) is 3.53. The van der Waals surface area contributed by atoms with Gasteiger partial charge in [0.1, 0.15) is 6.07 Å². The first-order valence-electron chi connectivity index (χ1n) is 3.44. The molecule has 1 rings (SSSR count). The number of hydrogen-bond donors (Lipinski definition) is 2. The van der Waals surface area contributed by atoms with Crippen molar-refractivity contribution < 1.29 is 4.79 Å². The van der Waals surface area contributed by atoms with E-state index in [0.29, 0.717) is 0 Å². The second-order valence-electron chi connectivity index (χ2n) is 2.46. The Balaban J connectivity index is 2.76. The smallest absolute Gasteiger partial charge is 0.322 e. The summed E-state index contributed by atoms with van der Waals surface area (Å²) < 4.78 is 0. The van der Waals surface area contributed by atoms with Crippen molar-refractivity contribution in [3.8, 4) is 6.07 Å². The molecule has 1 aromatic heterocycles. The maximum atomic E-state index is 11.1. The minimum absolute atomic E-state index is 0.0650. The van der Waals surface area contributed by atoms with Crippen LogP contribution in [0.1, 0.15) is 5.69 Å². The number of aromatic nitrogens is 3. The molecule has 2 N–H and O–H groups in total. The summed E-state index contributed by atoms with van der Waals surface area (Å²) in [5.41, 5.74) is 0.0650. The summed E-state index contributed by atoms with van der Waals surface area (Å²) in [6.07, 6.45) is 0. The lowest BCUT2D eigenvalue weighted by Crippen LogP contribution is -2.27. The van der Waals surface area contributed by atoms with Crippen molar-refractivity contribution in [1.82, 2.24) is 20.3 Å². The van der Waals surface area contributed by atoms with Gasteiger partial charge >= 0.3 is 6.03 Å². The number of nitrogens with one attached hydrogen (secondary N) is 2. The van der Waals surface area contributed by atoms with Crippen molar-refractivity contribution in [3.05, 3.63) is 5.69 Å². The summed E-state index contributed by atoms with van der Waals surface area (Å²) in [6, 6.07) is 1.43. The molecule has 0 spiro atoms. The van der Waals surface area contributed by atoms with Gasteiger partial charge in [-0.25, -0.2) is 4.79 Å². The highest BCUT2D eigenvalue weighted by Gasteiger charge is 2.11. The van der Waals surface area contributed by atoms with Gasteiger partial charge < -0.3 is 4.90 Å². The number of H-pyrrole nitrogens is 1. The summed E-state index contributed by atoms with van der Waals surface area (Å²) >= 11 is 0. The van der Waals surface area contributed by atoms with E-state index in [4.69, 9.17) is 5.26 Å². The molecular weight excluding hydrogens is 172 g/mol. The number of carbonyl (C=O) groups excluding carboxylic acids is 1. The molecule has 0 aromatic carbocycles. The first-order chi connectivity index (χ1) is 6.15. The van der Waals surface area contributed by atoms with Gasteiger partial charge in [-0.3, -0.25) is 5.32 Å². The standard InChI is InChI=1S/C6H8N6O/c1-12(2)6(13)8-5-4(3-7)9-11-10-5/h1-2H3,(H2,8,9,10,11,13). The monoisotopic (exact) mass is 180 g/mol. The van der Waals surface area contributed by atoms with Gasteiger partial charge in [-0.1, -0.05) is 0 Å². The Bertz CT molecular complexity index is 348. The molecule has 7 heteroatoms. The normalized spacial score (nSPS) is 9.00. The van der Waals surface area contributed by atoms with Gasteiger partial charge in [-0.2, -0.15) is 10.5 Å². The average molecular weight is 180 g/mol. The molecule has 0 unspecified atom stereocenters. The van der Waals surface area contributed by atoms with Crippen molar-refractivity contribution >= 4 is 11.8 Å². The highest BCUT2D eigenvalue weighted by molar-refractivity contribution is 5.88. The number of amides is 2. The SMILES string of the molecule is CN(C)C(=O)Nc1n[nH]nc1C#N. The Morgan fingerprint density at radius 3 is 2.85 bits per heavy atom. The van der Waals surface area contributed by atoms with E-state index in [1.54, 1.807) is 20.2 Å². The molecule has 1 heterocycles. The van der Waals surface area contributed by atoms with Gasteiger partial charge in [0.15, 0.2) is 5.82 Å². The molecule has 0 saturated carbocycles. The van der Waals surface area contributed by atoms with Crippen LogP contribution in [0, 0.1) is 11.3 Å². The molecule has 0 aliphatic rings. The van der Waals surface area contributed by atoms with Crippen LogP contribution in [0.15, 0.2) is 0 Å². The van der Waals surface area contributed by atoms with E-state index >= 15 is 0 Å². The molecule has 7 nitrogen and oxygen atoms in total. The zero-order valence-corrected chi connectivity index (χ0v) is 7.20. The molecule has 13 heavy (non-hydrogen) atoms. The molecule has 0 aliphatic carbocycles. The Hall–Kier alpha value is -2.10. The number of carbonyl (C=O) groups is 1. The van der Waals surface area contributed by atoms with E-state index in [-0.39, 0.29) is 17.5 Å². The molecule has 0 fully saturated rings. The lowest BCUT2D eigenvalue weighted by Gasteiger charge is -2.09. The van der Waals surface area contributed by atoms with Crippen LogP contribution in [0.2, 0.25) is 0 Å². The summed E-state index contributed by atoms with van der Waals surface area (Å²) in [4.78, 5) is 12.4. The number of anilines is 1. The van der Waals surface area contributed by atoms with Crippen LogP contribution in [0.25, 0.3) is 0 Å². The maximum absolute atomic E-state index is 11.1. The van der Waals surface area contributed by atoms with Gasteiger partial charge in [-0.15, -0.1) is 10.2 Å². The Kier molecular flexibility index (Phi) is 2.44. The quantitative estimate of drug-likeness (QED) is 0.623. The molecule has 68 valence electrons. The molecule has 0 aliphatic heterocycles. The van der Waals surface area contributed by atoms with E-state index < -0.39 is 0 Å². The van der Waals surface area contributed by atoms with E-state index in [0.717, 1.165) is 0 Å². The average Bonchev–Trinajstić information content (AvgIpc) is 2.51. The summed E-state index contributed by atoms with van der Waals surface area (Å²) in [7, 11) is 3.17. The van der Waals surface area contributed by atoms with E-state index in [2.05, 4.69) is 20.7 Å². The first-order valence-corrected chi connectivity index (χ1v) is 3.44. The predicted molar refractivity (Wildman–Crippen MR) is 43.8 cm³/mol. The molecule has 0 atom stereocenters. The highest BCUT2D eigenvalue weighted by Crippen LogP contribution is 2.05. The summed E-state index contributed by atoms with van der Waals surface area (Å²) in [6.45, 7) is 0. The van der Waals surface area contributed by atoms with Crippen LogP contribution in [0.4, 0.5) is 10.6 Å². The molecule has 0 saturated heterocycles. The van der Waals surface area contributed by atoms with Gasteiger partial charge in [0.2, 0.25) is 5.69 Å². The minimum atomic E-state index is -0.356. The molecule has 0 bridgehead atoms. The van der Waals surface area contributed by atoms with Gasteiger partial charge in [-0.05, 0) is 0 Å². The molecule has 0 radical (unpaired) electrons. The number of nitrogens with zero attached hydrogens (tertiary/aromatic N) is 4. The first kappa shape index (κ1) is 8.99. The fourth-order valence-electron chi connectivity index (χ4n) is 0.609. The number of nitriles is 1. The summed E-state index contributed by atoms with van der Waals surface area (Å²) in [5, 5.41) is 20.3. The third-order valence-electron chi connectivity index (χ3n) is 1.29. The molecule has 1 aromatic rings. The Morgan fingerprint density at radius 2 is 2.31 bits per heavy atom. The largest absolute Gasteiger partial charge is 0.331 e. The zero-order valence-electron chi connectivity index (χ0n) is 7.20. The predicted octanol–water partition coefficient (Wildman–Crippen LogP) is -0.230. The molecule has 2 amide bonds. The second-order valence-corrected chi connectivity index (χ2v) is 2.46. The van der Waals surface area contributed by atoms with Gasteiger partial charge in [0.25, 0.3) is 0 Å². The topological polar surface area (TPSA) is 97.7 Å². The fourth-order valence-corrected chi connectivity index (χ4v) is 0.609. The van der Waals surface area contributed by atoms with Gasteiger partial charge in [0, 0.05) is 14.1 Å². The third kappa shape index (κ3) is 1.93. The van der Waals surface area contributed by atoms with Crippen molar-refractivity contribution in [3.63, 3.8) is 0 Å². The maximum Gasteiger partial charge on any atom is 0.322 e. The molecular formula is C6H8N6O. The number of aromatic amines is 1. The van der Waals surface area contributed by atoms with E-state index in [1.165, 1.54) is 4.90 Å².